The van der Waals surface area contributed by atoms with Crippen LogP contribution in [0.3, 0.4) is 0 Å². The molecule has 3 heterocycles. The van der Waals surface area contributed by atoms with Crippen molar-refractivity contribution in [2.75, 3.05) is 6.54 Å². The lowest BCUT2D eigenvalue weighted by Gasteiger charge is -2.40. The first-order valence-corrected chi connectivity index (χ1v) is 9.13. The quantitative estimate of drug-likeness (QED) is 0.801. The van der Waals surface area contributed by atoms with Crippen molar-refractivity contribution >= 4 is 5.65 Å². The molecule has 1 N–H and O–H groups in total. The minimum Gasteiger partial charge on any atom is -0.297 e. The first kappa shape index (κ1) is 14.9. The van der Waals surface area contributed by atoms with E-state index in [1.54, 1.807) is 12.3 Å². The molecule has 2 fully saturated rings. The molecule has 3 aromatic rings. The summed E-state index contributed by atoms with van der Waals surface area (Å²) in [6, 6.07) is 14.8. The lowest BCUT2D eigenvalue weighted by atomic mass is 9.86. The summed E-state index contributed by atoms with van der Waals surface area (Å²) in [5, 5.41) is 2.91. The molecule has 2 aliphatic rings. The van der Waals surface area contributed by atoms with Crippen LogP contribution < -0.4 is 5.56 Å². The number of nitrogens with one attached hydrogen (secondary N) is 1. The Morgan fingerprint density at radius 3 is 2.92 bits per heavy atom. The zero-order chi connectivity index (χ0) is 16.8. The third-order valence-corrected chi connectivity index (χ3v) is 5.85. The van der Waals surface area contributed by atoms with Gasteiger partial charge >= 0.3 is 0 Å². The van der Waals surface area contributed by atoms with Gasteiger partial charge in [-0.3, -0.25) is 14.8 Å². The van der Waals surface area contributed by atoms with E-state index in [-0.39, 0.29) is 5.56 Å². The second kappa shape index (κ2) is 5.85. The minimum atomic E-state index is -0.0405. The van der Waals surface area contributed by atoms with Crippen molar-refractivity contribution in [3.05, 3.63) is 70.3 Å². The monoisotopic (exact) mass is 334 g/mol. The number of fused-ring (bicyclic) bond motifs is 3. The number of benzene rings is 1. The highest BCUT2D eigenvalue weighted by atomic mass is 16.1. The van der Waals surface area contributed by atoms with E-state index < -0.39 is 0 Å². The molecule has 5 heteroatoms. The number of hydrogen-bond acceptors (Lipinski definition) is 3. The molecule has 0 radical (unpaired) electrons. The molecular weight excluding hydrogens is 312 g/mol. The van der Waals surface area contributed by atoms with E-state index in [0.717, 1.165) is 30.6 Å². The fourth-order valence-corrected chi connectivity index (χ4v) is 4.87. The van der Waals surface area contributed by atoms with Crippen LogP contribution in [0.15, 0.2) is 53.5 Å². The standard InChI is InChI=1S/C20H22N4O/c25-19-11-17(22-18-8-9-21-24(18)19)13-23-12-14-6-7-16(10-14)20(23)15-4-2-1-3-5-15/h1-5,8-9,11,14,16,20-21H,6-7,10,12-13H2. The molecule has 5 rings (SSSR count). The molecule has 0 amide bonds. The smallest absolute Gasteiger partial charge is 0.272 e. The van der Waals surface area contributed by atoms with Gasteiger partial charge < -0.3 is 0 Å². The van der Waals surface area contributed by atoms with E-state index in [4.69, 9.17) is 0 Å². The fourth-order valence-electron chi connectivity index (χ4n) is 4.87. The summed E-state index contributed by atoms with van der Waals surface area (Å²) < 4.78 is 1.48. The summed E-state index contributed by atoms with van der Waals surface area (Å²) in [5.74, 6) is 1.51. The van der Waals surface area contributed by atoms with Gasteiger partial charge in [-0.15, -0.1) is 0 Å². The molecule has 1 aliphatic carbocycles. The topological polar surface area (TPSA) is 53.4 Å². The van der Waals surface area contributed by atoms with Crippen LogP contribution in [0.1, 0.15) is 36.6 Å². The number of aromatic nitrogens is 3. The van der Waals surface area contributed by atoms with Gasteiger partial charge in [0.25, 0.3) is 5.56 Å². The Bertz CT molecular complexity index is 945. The molecule has 1 aliphatic heterocycles. The summed E-state index contributed by atoms with van der Waals surface area (Å²) in [5.41, 5.74) is 2.92. The van der Waals surface area contributed by atoms with Crippen LogP contribution in [0.25, 0.3) is 5.65 Å². The molecule has 2 bridgehead atoms. The molecule has 1 saturated carbocycles. The Morgan fingerprint density at radius 1 is 1.16 bits per heavy atom. The van der Waals surface area contributed by atoms with E-state index in [9.17, 15) is 4.79 Å². The van der Waals surface area contributed by atoms with Crippen LogP contribution in [0.2, 0.25) is 0 Å². The molecule has 0 spiro atoms. The van der Waals surface area contributed by atoms with E-state index in [0.29, 0.717) is 11.7 Å². The molecule has 128 valence electrons. The fraction of sp³-hybridized carbons (Fsp3) is 0.400. The van der Waals surface area contributed by atoms with Gasteiger partial charge in [-0.25, -0.2) is 9.50 Å². The third kappa shape index (κ3) is 2.59. The van der Waals surface area contributed by atoms with E-state index in [1.165, 1.54) is 29.3 Å². The minimum absolute atomic E-state index is 0.0405. The number of aromatic amines is 1. The molecule has 3 unspecified atom stereocenters. The van der Waals surface area contributed by atoms with Crippen LogP contribution in [-0.2, 0) is 6.54 Å². The maximum atomic E-state index is 12.3. The maximum absolute atomic E-state index is 12.3. The summed E-state index contributed by atoms with van der Waals surface area (Å²) in [6.07, 6.45) is 5.73. The Balaban J connectivity index is 1.50. The molecule has 1 saturated heterocycles. The van der Waals surface area contributed by atoms with Gasteiger partial charge in [0.05, 0.1) is 5.69 Å². The van der Waals surface area contributed by atoms with Crippen molar-refractivity contribution in [3.63, 3.8) is 0 Å². The Labute approximate surface area is 146 Å². The predicted molar refractivity (Wildman–Crippen MR) is 96.2 cm³/mol. The molecule has 3 atom stereocenters. The molecule has 1 aromatic carbocycles. The predicted octanol–water partition coefficient (Wildman–Crippen LogP) is 3.00. The van der Waals surface area contributed by atoms with E-state index in [2.05, 4.69) is 45.3 Å². The zero-order valence-corrected chi connectivity index (χ0v) is 14.1. The SMILES string of the molecule is O=c1cc(CN2CC3CCC(C3)C2c2ccccc2)nc2cc[nH]n12. The highest BCUT2D eigenvalue weighted by Gasteiger charge is 2.41. The number of H-pyrrole nitrogens is 1. The lowest BCUT2D eigenvalue weighted by molar-refractivity contribution is 0.0826. The summed E-state index contributed by atoms with van der Waals surface area (Å²) in [6.45, 7) is 1.84. The average Bonchev–Trinajstić information content (AvgIpc) is 3.23. The van der Waals surface area contributed by atoms with Gasteiger partial charge in [-0.05, 0) is 36.7 Å². The number of nitrogens with zero attached hydrogens (tertiary/aromatic N) is 3. The van der Waals surface area contributed by atoms with Gasteiger partial charge in [0.2, 0.25) is 0 Å². The summed E-state index contributed by atoms with van der Waals surface area (Å²) >= 11 is 0. The number of hydrogen-bond donors (Lipinski definition) is 1. The first-order chi connectivity index (χ1) is 12.3. The molecule has 25 heavy (non-hydrogen) atoms. The molecule has 5 nitrogen and oxygen atoms in total. The zero-order valence-electron chi connectivity index (χ0n) is 14.1. The van der Waals surface area contributed by atoms with Crippen molar-refractivity contribution in [1.82, 2.24) is 19.5 Å². The second-order valence-electron chi connectivity index (χ2n) is 7.47. The van der Waals surface area contributed by atoms with Crippen molar-refractivity contribution in [2.24, 2.45) is 11.8 Å². The number of piperidine rings is 1. The average molecular weight is 334 g/mol. The van der Waals surface area contributed by atoms with Crippen LogP contribution in [0.4, 0.5) is 0 Å². The largest absolute Gasteiger partial charge is 0.297 e. The first-order valence-electron chi connectivity index (χ1n) is 9.13. The highest BCUT2D eigenvalue weighted by molar-refractivity contribution is 5.36. The van der Waals surface area contributed by atoms with Crippen LogP contribution >= 0.6 is 0 Å². The van der Waals surface area contributed by atoms with Gasteiger partial charge in [-0.2, -0.15) is 0 Å². The normalized spacial score (nSPS) is 26.3. The van der Waals surface area contributed by atoms with Gasteiger partial charge in [-0.1, -0.05) is 30.3 Å². The van der Waals surface area contributed by atoms with Crippen molar-refractivity contribution in [3.8, 4) is 0 Å². The van der Waals surface area contributed by atoms with Crippen molar-refractivity contribution in [2.45, 2.75) is 31.8 Å². The molecule has 2 aromatic heterocycles. The Morgan fingerprint density at radius 2 is 2.04 bits per heavy atom. The van der Waals surface area contributed by atoms with E-state index in [1.807, 2.05) is 6.07 Å². The summed E-state index contributed by atoms with van der Waals surface area (Å²) in [4.78, 5) is 19.5. The number of rotatable bonds is 3. The van der Waals surface area contributed by atoms with E-state index >= 15 is 0 Å². The Hall–Kier alpha value is -2.40. The highest BCUT2D eigenvalue weighted by Crippen LogP contribution is 2.47. The summed E-state index contributed by atoms with van der Waals surface area (Å²) in [7, 11) is 0. The third-order valence-electron chi connectivity index (χ3n) is 5.85. The molecular formula is C20H22N4O. The number of likely N-dealkylation sites (tertiary alicyclic amines) is 1. The van der Waals surface area contributed by atoms with Crippen molar-refractivity contribution in [1.29, 1.82) is 0 Å². The van der Waals surface area contributed by atoms with Crippen LogP contribution in [0.5, 0.6) is 0 Å². The van der Waals surface area contributed by atoms with Crippen molar-refractivity contribution < 1.29 is 0 Å². The van der Waals surface area contributed by atoms with Gasteiger partial charge in [0.1, 0.15) is 0 Å². The van der Waals surface area contributed by atoms with Gasteiger partial charge in [0, 0.05) is 37.5 Å². The van der Waals surface area contributed by atoms with Crippen LogP contribution in [-0.4, -0.2) is 26.0 Å². The maximum Gasteiger partial charge on any atom is 0.272 e. The Kier molecular flexibility index (Phi) is 3.48. The van der Waals surface area contributed by atoms with Crippen LogP contribution in [0, 0.1) is 11.8 Å². The second-order valence-corrected chi connectivity index (χ2v) is 7.47. The lowest BCUT2D eigenvalue weighted by Crippen LogP contribution is -2.39. The van der Waals surface area contributed by atoms with Gasteiger partial charge in [0.15, 0.2) is 5.65 Å².